The van der Waals surface area contributed by atoms with Crippen LogP contribution in [-0.4, -0.2) is 18.1 Å². The summed E-state index contributed by atoms with van der Waals surface area (Å²) in [5.74, 6) is 0.799. The van der Waals surface area contributed by atoms with Crippen molar-refractivity contribution in [1.82, 2.24) is 10.6 Å². The maximum Gasteiger partial charge on any atom is 0.315 e. The van der Waals surface area contributed by atoms with Gasteiger partial charge >= 0.3 is 6.03 Å². The third kappa shape index (κ3) is 4.87. The smallest absolute Gasteiger partial charge is 0.315 e. The molecule has 1 aliphatic rings. The zero-order valence-corrected chi connectivity index (χ0v) is 12.7. The molecular weight excluding hydrogens is 224 g/mol. The molecule has 1 aliphatic carbocycles. The van der Waals surface area contributed by atoms with Crippen molar-refractivity contribution in [2.24, 2.45) is 11.3 Å². The fourth-order valence-corrected chi connectivity index (χ4v) is 2.66. The molecule has 0 aliphatic heterocycles. The van der Waals surface area contributed by atoms with Crippen molar-refractivity contribution < 1.29 is 4.79 Å². The molecule has 106 valence electrons. The Kier molecular flexibility index (Phi) is 5.48. The third-order valence-corrected chi connectivity index (χ3v) is 4.28. The molecule has 0 spiro atoms. The number of carbonyl (C=O) groups excluding carboxylic acids is 1. The number of rotatable bonds is 3. The van der Waals surface area contributed by atoms with Crippen LogP contribution in [0.4, 0.5) is 4.79 Å². The lowest BCUT2D eigenvalue weighted by Gasteiger charge is -2.37. The average molecular weight is 254 g/mol. The van der Waals surface area contributed by atoms with E-state index in [1.165, 1.54) is 12.8 Å². The van der Waals surface area contributed by atoms with Gasteiger partial charge in [-0.3, -0.25) is 0 Å². The zero-order chi connectivity index (χ0) is 13.8. The summed E-state index contributed by atoms with van der Waals surface area (Å²) in [6.45, 7) is 11.1. The quantitative estimate of drug-likeness (QED) is 0.792. The number of nitrogens with one attached hydrogen (secondary N) is 2. The largest absolute Gasteiger partial charge is 0.336 e. The Morgan fingerprint density at radius 2 is 1.78 bits per heavy atom. The molecule has 0 aromatic rings. The Balaban J connectivity index is 2.29. The van der Waals surface area contributed by atoms with Gasteiger partial charge < -0.3 is 10.6 Å². The number of amides is 2. The molecule has 1 saturated carbocycles. The van der Waals surface area contributed by atoms with Gasteiger partial charge in [0, 0.05) is 12.1 Å². The van der Waals surface area contributed by atoms with E-state index in [1.54, 1.807) is 0 Å². The first-order valence-electron chi connectivity index (χ1n) is 7.40. The van der Waals surface area contributed by atoms with Crippen molar-refractivity contribution in [3.05, 3.63) is 0 Å². The highest BCUT2D eigenvalue weighted by atomic mass is 16.2. The molecule has 0 radical (unpaired) electrons. The molecule has 0 bridgehead atoms. The van der Waals surface area contributed by atoms with Gasteiger partial charge in [0.15, 0.2) is 0 Å². The molecule has 1 rings (SSSR count). The van der Waals surface area contributed by atoms with Gasteiger partial charge in [0.05, 0.1) is 0 Å². The number of urea groups is 1. The van der Waals surface area contributed by atoms with Crippen LogP contribution < -0.4 is 10.6 Å². The fraction of sp³-hybridized carbons (Fsp3) is 0.933. The lowest BCUT2D eigenvalue weighted by atomic mass is 9.71. The molecule has 1 fully saturated rings. The summed E-state index contributed by atoms with van der Waals surface area (Å²) in [5.41, 5.74) is 0.407. The Labute approximate surface area is 112 Å². The lowest BCUT2D eigenvalue weighted by Crippen LogP contribution is -2.46. The fourth-order valence-electron chi connectivity index (χ4n) is 2.66. The van der Waals surface area contributed by atoms with Crippen LogP contribution in [0, 0.1) is 11.3 Å². The van der Waals surface area contributed by atoms with E-state index < -0.39 is 0 Å². The summed E-state index contributed by atoms with van der Waals surface area (Å²) in [4.78, 5) is 11.7. The Morgan fingerprint density at radius 1 is 1.22 bits per heavy atom. The van der Waals surface area contributed by atoms with Crippen molar-refractivity contribution in [2.45, 2.75) is 78.8 Å². The molecule has 1 atom stereocenters. The zero-order valence-electron chi connectivity index (χ0n) is 12.7. The van der Waals surface area contributed by atoms with Crippen LogP contribution in [0.1, 0.15) is 66.7 Å². The minimum absolute atomic E-state index is 0.00330. The van der Waals surface area contributed by atoms with Gasteiger partial charge in [-0.2, -0.15) is 0 Å². The van der Waals surface area contributed by atoms with Crippen LogP contribution >= 0.6 is 0 Å². The predicted molar refractivity (Wildman–Crippen MR) is 76.6 cm³/mol. The summed E-state index contributed by atoms with van der Waals surface area (Å²) in [5, 5.41) is 6.07. The van der Waals surface area contributed by atoms with E-state index in [9.17, 15) is 4.79 Å². The second kappa shape index (κ2) is 6.44. The molecule has 3 heteroatoms. The van der Waals surface area contributed by atoms with Crippen molar-refractivity contribution in [1.29, 1.82) is 0 Å². The molecule has 3 nitrogen and oxygen atoms in total. The van der Waals surface area contributed by atoms with E-state index in [1.807, 2.05) is 6.92 Å². The summed E-state index contributed by atoms with van der Waals surface area (Å²) < 4.78 is 0. The molecule has 2 amide bonds. The van der Waals surface area contributed by atoms with Crippen molar-refractivity contribution in [3.8, 4) is 0 Å². The van der Waals surface area contributed by atoms with Gasteiger partial charge in [-0.25, -0.2) is 4.79 Å². The Hall–Kier alpha value is -0.730. The molecule has 18 heavy (non-hydrogen) atoms. The first-order chi connectivity index (χ1) is 8.32. The van der Waals surface area contributed by atoms with Crippen LogP contribution in [-0.2, 0) is 0 Å². The van der Waals surface area contributed by atoms with Crippen LogP contribution in [0.25, 0.3) is 0 Å². The van der Waals surface area contributed by atoms with Gasteiger partial charge in [0.2, 0.25) is 0 Å². The van der Waals surface area contributed by atoms with Crippen molar-refractivity contribution >= 4 is 6.03 Å². The molecule has 0 saturated heterocycles. The van der Waals surface area contributed by atoms with Gasteiger partial charge in [-0.15, -0.1) is 0 Å². The maximum absolute atomic E-state index is 11.7. The van der Waals surface area contributed by atoms with Crippen LogP contribution in [0.5, 0.6) is 0 Å². The second-order valence-electron chi connectivity index (χ2n) is 6.84. The Bertz CT molecular complexity index is 262. The summed E-state index contributed by atoms with van der Waals surface area (Å²) >= 11 is 0. The molecule has 0 aromatic carbocycles. The average Bonchev–Trinajstić information content (AvgIpc) is 2.28. The summed E-state index contributed by atoms with van der Waals surface area (Å²) in [7, 11) is 0. The van der Waals surface area contributed by atoms with Crippen molar-refractivity contribution in [3.63, 3.8) is 0 Å². The lowest BCUT2D eigenvalue weighted by molar-refractivity contribution is 0.160. The van der Waals surface area contributed by atoms with E-state index in [2.05, 4.69) is 38.3 Å². The monoisotopic (exact) mass is 254 g/mol. The van der Waals surface area contributed by atoms with E-state index >= 15 is 0 Å². The highest BCUT2D eigenvalue weighted by Crippen LogP contribution is 2.37. The molecular formula is C15H30N2O. The maximum atomic E-state index is 11.7. The molecule has 0 unspecified atom stereocenters. The highest BCUT2D eigenvalue weighted by Gasteiger charge is 2.30. The van der Waals surface area contributed by atoms with E-state index in [4.69, 9.17) is 0 Å². The van der Waals surface area contributed by atoms with Gasteiger partial charge in [-0.1, -0.05) is 27.7 Å². The standard InChI is InChI=1S/C15H30N2O/c1-6-11(2)16-14(18)17-13-9-7-12(8-10-13)15(3,4)5/h11-13H,6-10H2,1-5H3,(H2,16,17,18)/t11-,12?,13?/m1/s1. The SMILES string of the molecule is CC[C@@H](C)NC(=O)NC1CCC(C(C)(C)C)CC1. The first-order valence-corrected chi connectivity index (χ1v) is 7.40. The van der Waals surface area contributed by atoms with Gasteiger partial charge in [-0.05, 0) is 50.4 Å². The number of carbonyl (C=O) groups is 1. The van der Waals surface area contributed by atoms with Crippen molar-refractivity contribution in [2.75, 3.05) is 0 Å². The topological polar surface area (TPSA) is 41.1 Å². The van der Waals surface area contributed by atoms with E-state index in [0.717, 1.165) is 25.2 Å². The minimum Gasteiger partial charge on any atom is -0.336 e. The van der Waals surface area contributed by atoms with E-state index in [-0.39, 0.29) is 12.1 Å². The van der Waals surface area contributed by atoms with Gasteiger partial charge in [0.1, 0.15) is 0 Å². The molecule has 0 heterocycles. The third-order valence-electron chi connectivity index (χ3n) is 4.28. The van der Waals surface area contributed by atoms with Crippen LogP contribution in [0.15, 0.2) is 0 Å². The van der Waals surface area contributed by atoms with E-state index in [0.29, 0.717) is 11.5 Å². The van der Waals surface area contributed by atoms with Crippen LogP contribution in [0.2, 0.25) is 0 Å². The second-order valence-corrected chi connectivity index (χ2v) is 6.84. The summed E-state index contributed by atoms with van der Waals surface area (Å²) in [6.07, 6.45) is 5.69. The highest BCUT2D eigenvalue weighted by molar-refractivity contribution is 5.74. The minimum atomic E-state index is 0.00330. The van der Waals surface area contributed by atoms with Crippen LogP contribution in [0.3, 0.4) is 0 Å². The first kappa shape index (κ1) is 15.3. The number of hydrogen-bond acceptors (Lipinski definition) is 1. The summed E-state index contributed by atoms with van der Waals surface area (Å²) in [6, 6.07) is 0.632. The predicted octanol–water partition coefficient (Wildman–Crippen LogP) is 3.69. The van der Waals surface area contributed by atoms with Gasteiger partial charge in [0.25, 0.3) is 0 Å². The number of hydrogen-bond donors (Lipinski definition) is 2. The Morgan fingerprint density at radius 3 is 2.22 bits per heavy atom. The molecule has 0 aromatic heterocycles. The normalized spacial score (nSPS) is 26.5. The molecule has 2 N–H and O–H groups in total.